The van der Waals surface area contributed by atoms with Gasteiger partial charge in [-0.1, -0.05) is 12.2 Å². The molecule has 0 atom stereocenters. The van der Waals surface area contributed by atoms with Gasteiger partial charge in [-0.3, -0.25) is 0 Å². The van der Waals surface area contributed by atoms with Crippen LogP contribution in [0.3, 0.4) is 0 Å². The maximum atomic E-state index is 4.20. The van der Waals surface area contributed by atoms with Crippen LogP contribution in [0.4, 0.5) is 5.95 Å². The van der Waals surface area contributed by atoms with Crippen molar-refractivity contribution in [2.45, 2.75) is 6.42 Å². The Balaban J connectivity index is 2.64. The van der Waals surface area contributed by atoms with E-state index in [-0.39, 0.29) is 0 Å². The molecule has 0 bridgehead atoms. The molecule has 4 heteroatoms. The minimum atomic E-state index is 0.733. The van der Waals surface area contributed by atoms with Crippen LogP contribution in [-0.2, 0) is 0 Å². The molecule has 0 unspecified atom stereocenters. The van der Waals surface area contributed by atoms with E-state index in [0.29, 0.717) is 0 Å². The summed E-state index contributed by atoms with van der Waals surface area (Å²) < 4.78 is 0. The molecule has 0 saturated heterocycles. The van der Waals surface area contributed by atoms with E-state index in [2.05, 4.69) is 28.7 Å². The SMILES string of the molecule is CN(C)c1ncc(C=CCCS)cn1. The molecule has 0 N–H and O–H groups in total. The molecule has 1 rings (SSSR count). The van der Waals surface area contributed by atoms with E-state index in [1.807, 2.05) is 37.5 Å². The van der Waals surface area contributed by atoms with Crippen LogP contribution in [-0.4, -0.2) is 29.8 Å². The first kappa shape index (κ1) is 11.0. The maximum Gasteiger partial charge on any atom is 0.224 e. The summed E-state index contributed by atoms with van der Waals surface area (Å²) in [4.78, 5) is 10.3. The van der Waals surface area contributed by atoms with Crippen LogP contribution in [0, 0.1) is 0 Å². The van der Waals surface area contributed by atoms with Crippen LogP contribution in [0.5, 0.6) is 0 Å². The Morgan fingerprint density at radius 2 is 2.00 bits per heavy atom. The summed E-state index contributed by atoms with van der Waals surface area (Å²) in [6.45, 7) is 0. The second-order valence-corrected chi connectivity index (χ2v) is 3.57. The molecular formula is C10H15N3S. The summed E-state index contributed by atoms with van der Waals surface area (Å²) in [5, 5.41) is 0. The van der Waals surface area contributed by atoms with Crippen molar-refractivity contribution in [3.05, 3.63) is 24.0 Å². The number of rotatable bonds is 4. The second-order valence-electron chi connectivity index (χ2n) is 3.13. The summed E-state index contributed by atoms with van der Waals surface area (Å²) in [6, 6.07) is 0. The zero-order valence-corrected chi connectivity index (χ0v) is 9.41. The smallest absolute Gasteiger partial charge is 0.224 e. The number of allylic oxidation sites excluding steroid dienone is 1. The van der Waals surface area contributed by atoms with Gasteiger partial charge < -0.3 is 4.90 Å². The van der Waals surface area contributed by atoms with Gasteiger partial charge in [-0.2, -0.15) is 12.6 Å². The maximum absolute atomic E-state index is 4.20. The average Bonchev–Trinajstić information content (AvgIpc) is 2.19. The molecule has 0 aromatic carbocycles. The standard InChI is InChI=1S/C10H15N3S/c1-13(2)10-11-7-9(8-12-10)5-3-4-6-14/h3,5,7-8,14H,4,6H2,1-2H3. The van der Waals surface area contributed by atoms with Crippen LogP contribution < -0.4 is 4.90 Å². The molecular weight excluding hydrogens is 194 g/mol. The molecule has 0 aliphatic heterocycles. The molecule has 1 heterocycles. The number of nitrogens with zero attached hydrogens (tertiary/aromatic N) is 3. The van der Waals surface area contributed by atoms with Gasteiger partial charge in [0.1, 0.15) is 0 Å². The molecule has 3 nitrogen and oxygen atoms in total. The molecule has 76 valence electrons. The zero-order chi connectivity index (χ0) is 10.4. The highest BCUT2D eigenvalue weighted by molar-refractivity contribution is 7.80. The van der Waals surface area contributed by atoms with E-state index in [0.717, 1.165) is 23.7 Å². The predicted molar refractivity (Wildman–Crippen MR) is 63.9 cm³/mol. The molecule has 14 heavy (non-hydrogen) atoms. The fourth-order valence-corrected chi connectivity index (χ4v) is 1.09. The van der Waals surface area contributed by atoms with E-state index >= 15 is 0 Å². The molecule has 0 aliphatic rings. The van der Waals surface area contributed by atoms with Crippen LogP contribution >= 0.6 is 12.6 Å². The van der Waals surface area contributed by atoms with Crippen molar-refractivity contribution in [1.82, 2.24) is 9.97 Å². The lowest BCUT2D eigenvalue weighted by Crippen LogP contribution is -2.12. The fourth-order valence-electron chi connectivity index (χ4n) is 0.942. The predicted octanol–water partition coefficient (Wildman–Crippen LogP) is 1.88. The summed E-state index contributed by atoms with van der Waals surface area (Å²) in [7, 11) is 3.84. The van der Waals surface area contributed by atoms with E-state index in [9.17, 15) is 0 Å². The molecule has 1 aromatic rings. The topological polar surface area (TPSA) is 29.0 Å². The lowest BCUT2D eigenvalue weighted by molar-refractivity contribution is 0.996. The highest BCUT2D eigenvalue weighted by atomic mass is 32.1. The monoisotopic (exact) mass is 209 g/mol. The number of anilines is 1. The van der Waals surface area contributed by atoms with Crippen molar-refractivity contribution in [3.8, 4) is 0 Å². The first-order chi connectivity index (χ1) is 6.74. The Bertz CT molecular complexity index is 293. The summed E-state index contributed by atoms with van der Waals surface area (Å²) >= 11 is 4.12. The van der Waals surface area contributed by atoms with Gasteiger partial charge in [0.15, 0.2) is 0 Å². The highest BCUT2D eigenvalue weighted by Gasteiger charge is 1.96. The Morgan fingerprint density at radius 3 is 2.50 bits per heavy atom. The van der Waals surface area contributed by atoms with Gasteiger partial charge in [0.25, 0.3) is 0 Å². The summed E-state index contributed by atoms with van der Waals surface area (Å²) in [5.74, 6) is 1.60. The third-order valence-corrected chi connectivity index (χ3v) is 1.92. The van der Waals surface area contributed by atoms with Gasteiger partial charge in [-0.05, 0) is 12.2 Å². The number of thiol groups is 1. The van der Waals surface area contributed by atoms with E-state index in [4.69, 9.17) is 0 Å². The molecule has 0 aliphatic carbocycles. The van der Waals surface area contributed by atoms with Gasteiger partial charge >= 0.3 is 0 Å². The van der Waals surface area contributed by atoms with Gasteiger partial charge in [0.05, 0.1) is 0 Å². The third-order valence-electron chi connectivity index (χ3n) is 1.66. The largest absolute Gasteiger partial charge is 0.347 e. The molecule has 0 amide bonds. The highest BCUT2D eigenvalue weighted by Crippen LogP contribution is 2.04. The quantitative estimate of drug-likeness (QED) is 0.768. The Kier molecular flexibility index (Phi) is 4.46. The van der Waals surface area contributed by atoms with Gasteiger partial charge in [-0.25, -0.2) is 9.97 Å². The molecule has 1 aromatic heterocycles. The third kappa shape index (κ3) is 3.38. The number of hydrogen-bond donors (Lipinski definition) is 1. The lowest BCUT2D eigenvalue weighted by atomic mass is 10.3. The van der Waals surface area contributed by atoms with Crippen molar-refractivity contribution in [2.75, 3.05) is 24.7 Å². The van der Waals surface area contributed by atoms with Crippen LogP contribution in [0.1, 0.15) is 12.0 Å². The van der Waals surface area contributed by atoms with Gasteiger partial charge in [0.2, 0.25) is 5.95 Å². The van der Waals surface area contributed by atoms with Crippen molar-refractivity contribution < 1.29 is 0 Å². The van der Waals surface area contributed by atoms with Crippen molar-refractivity contribution in [3.63, 3.8) is 0 Å². The zero-order valence-electron chi connectivity index (χ0n) is 8.51. The van der Waals surface area contributed by atoms with E-state index in [1.54, 1.807) is 0 Å². The summed E-state index contributed by atoms with van der Waals surface area (Å²) in [5.41, 5.74) is 1.03. The average molecular weight is 209 g/mol. The van der Waals surface area contributed by atoms with Crippen molar-refractivity contribution >= 4 is 24.7 Å². The van der Waals surface area contributed by atoms with Crippen molar-refractivity contribution in [1.29, 1.82) is 0 Å². The van der Waals surface area contributed by atoms with E-state index in [1.165, 1.54) is 0 Å². The Morgan fingerprint density at radius 1 is 1.36 bits per heavy atom. The van der Waals surface area contributed by atoms with Crippen LogP contribution in [0.2, 0.25) is 0 Å². The van der Waals surface area contributed by atoms with Gasteiger partial charge in [-0.15, -0.1) is 0 Å². The minimum Gasteiger partial charge on any atom is -0.347 e. The molecule has 0 saturated carbocycles. The Labute approximate surface area is 90.3 Å². The van der Waals surface area contributed by atoms with Crippen molar-refractivity contribution in [2.24, 2.45) is 0 Å². The Hall–Kier alpha value is -1.03. The van der Waals surface area contributed by atoms with Crippen LogP contribution in [0.25, 0.3) is 6.08 Å². The van der Waals surface area contributed by atoms with E-state index < -0.39 is 0 Å². The van der Waals surface area contributed by atoms with Crippen LogP contribution in [0.15, 0.2) is 18.5 Å². The summed E-state index contributed by atoms with van der Waals surface area (Å²) in [6.07, 6.45) is 8.68. The fraction of sp³-hybridized carbons (Fsp3) is 0.400. The first-order valence-electron chi connectivity index (χ1n) is 4.51. The number of aromatic nitrogens is 2. The van der Waals surface area contributed by atoms with Gasteiger partial charge in [0, 0.05) is 32.1 Å². The molecule has 0 radical (unpaired) electrons. The number of hydrogen-bond acceptors (Lipinski definition) is 4. The second kappa shape index (κ2) is 5.65. The lowest BCUT2D eigenvalue weighted by Gasteiger charge is -2.08. The molecule has 0 spiro atoms. The molecule has 0 fully saturated rings. The first-order valence-corrected chi connectivity index (χ1v) is 5.14. The minimum absolute atomic E-state index is 0.733. The normalized spacial score (nSPS) is 10.8.